The van der Waals surface area contributed by atoms with Crippen LogP contribution in [-0.2, 0) is 19.2 Å². The Morgan fingerprint density at radius 3 is 1.19 bits per heavy atom. The molecule has 8 heteroatoms. The Labute approximate surface area is 151 Å². The van der Waals surface area contributed by atoms with Crippen molar-refractivity contribution in [2.75, 3.05) is 0 Å². The van der Waals surface area contributed by atoms with E-state index in [2.05, 4.69) is 0 Å². The summed E-state index contributed by atoms with van der Waals surface area (Å²) >= 11 is 0. The fourth-order valence-corrected chi connectivity index (χ4v) is 3.79. The zero-order valence-electron chi connectivity index (χ0n) is 14.9. The maximum absolute atomic E-state index is 11.1. The van der Waals surface area contributed by atoms with Crippen molar-refractivity contribution in [2.45, 2.75) is 39.5 Å². The number of allylic oxidation sites excluding steroid dienone is 2. The smallest absolute Gasteiger partial charge is 0.317 e. The van der Waals surface area contributed by atoms with Gasteiger partial charge in [0, 0.05) is 0 Å². The summed E-state index contributed by atoms with van der Waals surface area (Å²) in [5, 5.41) is 36.1. The molecule has 0 aliphatic heterocycles. The molecule has 0 saturated carbocycles. The van der Waals surface area contributed by atoms with E-state index >= 15 is 0 Å². The quantitative estimate of drug-likeness (QED) is 0.338. The van der Waals surface area contributed by atoms with E-state index in [1.807, 2.05) is 26.0 Å². The number of aliphatic carboxylic acids is 4. The van der Waals surface area contributed by atoms with Crippen LogP contribution < -0.4 is 0 Å². The van der Waals surface area contributed by atoms with Crippen LogP contribution >= 0.6 is 0 Å². The van der Waals surface area contributed by atoms with E-state index in [1.165, 1.54) is 0 Å². The van der Waals surface area contributed by atoms with Gasteiger partial charge in [-0.1, -0.05) is 26.0 Å². The molecule has 0 heterocycles. The summed E-state index contributed by atoms with van der Waals surface area (Å²) in [5.41, 5.74) is 0. The van der Waals surface area contributed by atoms with Crippen molar-refractivity contribution < 1.29 is 39.6 Å². The summed E-state index contributed by atoms with van der Waals surface area (Å²) in [6, 6.07) is 0. The van der Waals surface area contributed by atoms with Gasteiger partial charge in [-0.15, -0.1) is 0 Å². The minimum Gasteiger partial charge on any atom is -0.481 e. The minimum absolute atomic E-state index is 0.0159. The lowest BCUT2D eigenvalue weighted by molar-refractivity contribution is -0.157. The second kappa shape index (κ2) is 9.35. The summed E-state index contributed by atoms with van der Waals surface area (Å²) in [6.07, 6.45) is 4.70. The molecule has 0 amide bonds. The normalized spacial score (nSPS) is 25.4. The summed E-state index contributed by atoms with van der Waals surface area (Å²) in [5.74, 6) is -8.37. The Morgan fingerprint density at radius 1 is 0.692 bits per heavy atom. The van der Waals surface area contributed by atoms with Crippen LogP contribution in [0, 0.1) is 35.5 Å². The number of carbonyl (C=O) groups is 4. The molecule has 4 N–H and O–H groups in total. The molecule has 0 bridgehead atoms. The summed E-state index contributed by atoms with van der Waals surface area (Å²) in [7, 11) is 0. The van der Waals surface area contributed by atoms with Crippen molar-refractivity contribution in [3.63, 3.8) is 0 Å². The SMILES string of the molecule is CC1C=CC(C)C(CCC(C(=O)O)C(=O)O)C1CCC(C(=O)O)C(=O)O. The standard InChI is InChI=1S/C18H26O8/c1-9-3-4-10(2)12(6-8-14(17(23)24)18(25)26)11(9)5-7-13(15(19)20)16(21)22/h3-4,9-14H,5-8H2,1-2H3,(H,19,20)(H,21,22)(H,23,24)(H,25,26). The fourth-order valence-electron chi connectivity index (χ4n) is 3.79. The molecule has 0 fully saturated rings. The topological polar surface area (TPSA) is 149 Å². The zero-order chi connectivity index (χ0) is 20.0. The molecular weight excluding hydrogens is 344 g/mol. The second-order valence-corrected chi connectivity index (χ2v) is 7.04. The third-order valence-electron chi connectivity index (χ3n) is 5.39. The van der Waals surface area contributed by atoms with Gasteiger partial charge in [0.25, 0.3) is 0 Å². The zero-order valence-corrected chi connectivity index (χ0v) is 14.9. The van der Waals surface area contributed by atoms with Crippen molar-refractivity contribution in [3.05, 3.63) is 12.2 Å². The van der Waals surface area contributed by atoms with Gasteiger partial charge in [-0.25, -0.2) is 0 Å². The predicted molar refractivity (Wildman–Crippen MR) is 90.4 cm³/mol. The van der Waals surface area contributed by atoms with Crippen molar-refractivity contribution in [1.29, 1.82) is 0 Å². The van der Waals surface area contributed by atoms with E-state index in [0.29, 0.717) is 12.8 Å². The Morgan fingerprint density at radius 2 is 0.962 bits per heavy atom. The highest BCUT2D eigenvalue weighted by Crippen LogP contribution is 2.40. The average Bonchev–Trinajstić information content (AvgIpc) is 2.51. The summed E-state index contributed by atoms with van der Waals surface area (Å²) in [4.78, 5) is 44.3. The van der Waals surface area contributed by atoms with Crippen LogP contribution in [0.3, 0.4) is 0 Å². The van der Waals surface area contributed by atoms with Crippen LogP contribution in [0.25, 0.3) is 0 Å². The van der Waals surface area contributed by atoms with E-state index in [4.69, 9.17) is 20.4 Å². The Hall–Kier alpha value is -2.38. The van der Waals surface area contributed by atoms with E-state index in [0.717, 1.165) is 0 Å². The van der Waals surface area contributed by atoms with E-state index in [9.17, 15) is 19.2 Å². The van der Waals surface area contributed by atoms with Crippen LogP contribution in [0.2, 0.25) is 0 Å². The van der Waals surface area contributed by atoms with Crippen molar-refractivity contribution in [2.24, 2.45) is 35.5 Å². The fraction of sp³-hybridized carbons (Fsp3) is 0.667. The lowest BCUT2D eigenvalue weighted by Gasteiger charge is -2.38. The first-order valence-electron chi connectivity index (χ1n) is 8.65. The molecule has 4 atom stereocenters. The van der Waals surface area contributed by atoms with Crippen LogP contribution in [-0.4, -0.2) is 44.3 Å². The molecule has 0 aromatic heterocycles. The molecule has 26 heavy (non-hydrogen) atoms. The van der Waals surface area contributed by atoms with Crippen LogP contribution in [0.1, 0.15) is 39.5 Å². The first-order chi connectivity index (χ1) is 12.1. The van der Waals surface area contributed by atoms with Crippen LogP contribution in [0.4, 0.5) is 0 Å². The summed E-state index contributed by atoms with van der Waals surface area (Å²) < 4.78 is 0. The molecule has 0 spiro atoms. The molecule has 0 aromatic carbocycles. The third-order valence-corrected chi connectivity index (χ3v) is 5.39. The lowest BCUT2D eigenvalue weighted by atomic mass is 9.67. The molecule has 4 unspecified atom stereocenters. The van der Waals surface area contributed by atoms with Gasteiger partial charge in [-0.05, 0) is 49.4 Å². The monoisotopic (exact) mass is 370 g/mol. The van der Waals surface area contributed by atoms with Gasteiger partial charge in [0.2, 0.25) is 0 Å². The molecule has 1 rings (SSSR count). The van der Waals surface area contributed by atoms with Gasteiger partial charge in [0.15, 0.2) is 11.8 Å². The molecular formula is C18H26O8. The largest absolute Gasteiger partial charge is 0.481 e. The van der Waals surface area contributed by atoms with Crippen molar-refractivity contribution >= 4 is 23.9 Å². The van der Waals surface area contributed by atoms with Gasteiger partial charge in [-0.2, -0.15) is 0 Å². The highest BCUT2D eigenvalue weighted by Gasteiger charge is 2.36. The van der Waals surface area contributed by atoms with Crippen molar-refractivity contribution in [1.82, 2.24) is 0 Å². The lowest BCUT2D eigenvalue weighted by Crippen LogP contribution is -2.33. The minimum atomic E-state index is -1.48. The molecule has 146 valence electrons. The van der Waals surface area contributed by atoms with Gasteiger partial charge in [0.1, 0.15) is 0 Å². The highest BCUT2D eigenvalue weighted by atomic mass is 16.4. The van der Waals surface area contributed by atoms with Crippen LogP contribution in [0.5, 0.6) is 0 Å². The number of carboxylic acid groups (broad SMARTS) is 4. The molecule has 0 saturated heterocycles. The number of carboxylic acids is 4. The third kappa shape index (κ3) is 5.57. The Kier molecular flexibility index (Phi) is 7.79. The maximum atomic E-state index is 11.1. The second-order valence-electron chi connectivity index (χ2n) is 7.04. The molecule has 0 aromatic rings. The van der Waals surface area contributed by atoms with E-state index in [1.54, 1.807) is 0 Å². The Bertz CT molecular complexity index is 504. The van der Waals surface area contributed by atoms with E-state index < -0.39 is 35.7 Å². The highest BCUT2D eigenvalue weighted by molar-refractivity contribution is 5.93. The molecule has 1 aliphatic rings. The number of rotatable bonds is 10. The van der Waals surface area contributed by atoms with Gasteiger partial charge in [-0.3, -0.25) is 19.2 Å². The number of hydrogen-bond donors (Lipinski definition) is 4. The van der Waals surface area contributed by atoms with Gasteiger partial charge < -0.3 is 20.4 Å². The van der Waals surface area contributed by atoms with Crippen LogP contribution in [0.15, 0.2) is 12.2 Å². The molecule has 1 aliphatic carbocycles. The first kappa shape index (κ1) is 21.7. The molecule has 0 radical (unpaired) electrons. The van der Waals surface area contributed by atoms with Gasteiger partial charge in [0.05, 0.1) is 0 Å². The van der Waals surface area contributed by atoms with E-state index in [-0.39, 0.29) is 36.5 Å². The van der Waals surface area contributed by atoms with Crippen molar-refractivity contribution in [3.8, 4) is 0 Å². The first-order valence-corrected chi connectivity index (χ1v) is 8.65. The number of hydrogen-bond acceptors (Lipinski definition) is 4. The average molecular weight is 370 g/mol. The maximum Gasteiger partial charge on any atom is 0.317 e. The molecule has 8 nitrogen and oxygen atoms in total. The predicted octanol–water partition coefficient (Wildman–Crippen LogP) is 2.19. The Balaban J connectivity index is 2.86. The summed E-state index contributed by atoms with van der Waals surface area (Å²) in [6.45, 7) is 3.89. The van der Waals surface area contributed by atoms with Gasteiger partial charge >= 0.3 is 23.9 Å².